The Balaban J connectivity index is 1.71. The first-order valence-electron chi connectivity index (χ1n) is 14.7. The first kappa shape index (κ1) is 31.8. The molecule has 40 heavy (non-hydrogen) atoms. The molecule has 3 aromatic heterocycles. The molecule has 3 heterocycles. The van der Waals surface area contributed by atoms with Crippen LogP contribution in [0.25, 0.3) is 31.9 Å². The number of nitrogens with zero attached hydrogens (tertiary/aromatic N) is 3. The van der Waals surface area contributed by atoms with Gasteiger partial charge >= 0.3 is 0 Å². The summed E-state index contributed by atoms with van der Waals surface area (Å²) in [7, 11) is 0. The Kier molecular flexibility index (Phi) is 12.6. The standard InChI is InChI=1S/C31H39Br2F2N3S2/c1-3-5-7-9-11-13-15-21(16-14-12-10-8-6-4-2)38-36-30-26(22-17-19-24(32)39-22)28(34)29(35)27(31(30)37-38)23-18-20-25(33)40-23/h17-21H,3-16H2,1-2H3. The summed E-state index contributed by atoms with van der Waals surface area (Å²) in [5.74, 6) is -1.73. The third-order valence-electron chi connectivity index (χ3n) is 7.48. The summed E-state index contributed by atoms with van der Waals surface area (Å²) in [6, 6.07) is 7.46. The molecule has 1 aromatic carbocycles. The van der Waals surface area contributed by atoms with Gasteiger partial charge in [-0.25, -0.2) is 8.78 Å². The molecule has 9 heteroatoms. The van der Waals surface area contributed by atoms with E-state index in [1.54, 1.807) is 4.80 Å². The van der Waals surface area contributed by atoms with Crippen molar-refractivity contribution in [2.75, 3.05) is 0 Å². The number of fused-ring (bicyclic) bond motifs is 1. The number of hydrogen-bond donors (Lipinski definition) is 0. The summed E-state index contributed by atoms with van der Waals surface area (Å²) in [5, 5.41) is 9.87. The minimum Gasteiger partial charge on any atom is -0.203 e. The first-order valence-corrected chi connectivity index (χ1v) is 17.9. The van der Waals surface area contributed by atoms with Gasteiger partial charge in [0.15, 0.2) is 11.6 Å². The normalized spacial score (nSPS) is 11.9. The van der Waals surface area contributed by atoms with Crippen LogP contribution in [0, 0.1) is 11.6 Å². The van der Waals surface area contributed by atoms with Crippen molar-refractivity contribution in [1.29, 1.82) is 0 Å². The molecule has 0 atom stereocenters. The Morgan fingerprint density at radius 2 is 1.05 bits per heavy atom. The van der Waals surface area contributed by atoms with Crippen LogP contribution in [0.3, 0.4) is 0 Å². The van der Waals surface area contributed by atoms with Gasteiger partial charge < -0.3 is 0 Å². The van der Waals surface area contributed by atoms with Crippen molar-refractivity contribution in [3.63, 3.8) is 0 Å². The van der Waals surface area contributed by atoms with E-state index in [9.17, 15) is 0 Å². The van der Waals surface area contributed by atoms with E-state index in [1.807, 2.05) is 24.3 Å². The van der Waals surface area contributed by atoms with Crippen LogP contribution in [-0.2, 0) is 0 Å². The number of unbranched alkanes of at least 4 members (excludes halogenated alkanes) is 10. The SMILES string of the molecule is CCCCCCCCC(CCCCCCCC)n1nc2c(-c3ccc(Br)s3)c(F)c(F)c(-c3ccc(Br)s3)c2n1. The Labute approximate surface area is 262 Å². The largest absolute Gasteiger partial charge is 0.203 e. The van der Waals surface area contributed by atoms with Gasteiger partial charge in [-0.2, -0.15) is 15.0 Å². The van der Waals surface area contributed by atoms with Crippen LogP contribution in [-0.4, -0.2) is 15.0 Å². The molecule has 4 aromatic rings. The van der Waals surface area contributed by atoms with Gasteiger partial charge in [0.25, 0.3) is 0 Å². The molecule has 0 spiro atoms. The van der Waals surface area contributed by atoms with Gasteiger partial charge in [-0.15, -0.1) is 22.7 Å². The van der Waals surface area contributed by atoms with Crippen molar-refractivity contribution >= 4 is 65.6 Å². The molecule has 0 saturated carbocycles. The fourth-order valence-electron chi connectivity index (χ4n) is 5.29. The molecule has 0 radical (unpaired) electrons. The van der Waals surface area contributed by atoms with E-state index in [2.05, 4.69) is 45.7 Å². The van der Waals surface area contributed by atoms with Crippen molar-refractivity contribution in [2.45, 2.75) is 110 Å². The van der Waals surface area contributed by atoms with Crippen LogP contribution >= 0.6 is 54.5 Å². The van der Waals surface area contributed by atoms with Gasteiger partial charge in [0.05, 0.1) is 24.7 Å². The highest BCUT2D eigenvalue weighted by molar-refractivity contribution is 9.11. The molecule has 0 amide bonds. The Bertz CT molecular complexity index is 1270. The van der Waals surface area contributed by atoms with Crippen LogP contribution in [0.4, 0.5) is 8.78 Å². The van der Waals surface area contributed by atoms with Gasteiger partial charge in [-0.3, -0.25) is 0 Å². The first-order chi connectivity index (χ1) is 19.4. The van der Waals surface area contributed by atoms with Gasteiger partial charge in [-0.05, 0) is 69.0 Å². The van der Waals surface area contributed by atoms with E-state index >= 15 is 8.78 Å². The highest BCUT2D eigenvalue weighted by atomic mass is 79.9. The smallest absolute Gasteiger partial charge is 0.170 e. The zero-order valence-corrected chi connectivity index (χ0v) is 28.3. The van der Waals surface area contributed by atoms with Crippen molar-refractivity contribution in [3.05, 3.63) is 43.5 Å². The molecule has 0 fully saturated rings. The van der Waals surface area contributed by atoms with Gasteiger partial charge in [0.1, 0.15) is 11.0 Å². The molecule has 0 bridgehead atoms. The number of benzene rings is 1. The Morgan fingerprint density at radius 3 is 1.43 bits per heavy atom. The second-order valence-electron chi connectivity index (χ2n) is 10.6. The summed E-state index contributed by atoms with van der Waals surface area (Å²) in [4.78, 5) is 3.07. The van der Waals surface area contributed by atoms with Crippen molar-refractivity contribution in [2.24, 2.45) is 0 Å². The maximum atomic E-state index is 15.8. The van der Waals surface area contributed by atoms with E-state index in [4.69, 9.17) is 10.2 Å². The van der Waals surface area contributed by atoms with Crippen molar-refractivity contribution in [3.8, 4) is 20.9 Å². The second kappa shape index (κ2) is 15.9. The van der Waals surface area contributed by atoms with E-state index in [0.29, 0.717) is 20.8 Å². The quantitative estimate of drug-likeness (QED) is 0.102. The lowest BCUT2D eigenvalue weighted by Gasteiger charge is -2.16. The van der Waals surface area contributed by atoms with Crippen LogP contribution in [0.1, 0.15) is 110 Å². The van der Waals surface area contributed by atoms with Crippen LogP contribution in [0.2, 0.25) is 0 Å². The third kappa shape index (κ3) is 8.01. The minimum atomic E-state index is -0.864. The lowest BCUT2D eigenvalue weighted by molar-refractivity contribution is 0.337. The molecule has 0 saturated heterocycles. The van der Waals surface area contributed by atoms with Gasteiger partial charge in [0, 0.05) is 9.75 Å². The summed E-state index contributed by atoms with van der Waals surface area (Å²) in [6.45, 7) is 4.48. The second-order valence-corrected chi connectivity index (χ2v) is 15.5. The van der Waals surface area contributed by atoms with Crippen molar-refractivity contribution < 1.29 is 8.78 Å². The predicted molar refractivity (Wildman–Crippen MR) is 174 cm³/mol. The molecule has 0 aliphatic rings. The van der Waals surface area contributed by atoms with Crippen molar-refractivity contribution in [1.82, 2.24) is 15.0 Å². The maximum Gasteiger partial charge on any atom is 0.170 e. The topological polar surface area (TPSA) is 30.7 Å². The summed E-state index contributed by atoms with van der Waals surface area (Å²) >= 11 is 9.71. The highest BCUT2D eigenvalue weighted by Gasteiger charge is 2.28. The average Bonchev–Trinajstić information content (AvgIpc) is 3.68. The highest BCUT2D eigenvalue weighted by Crippen LogP contribution is 2.44. The van der Waals surface area contributed by atoms with E-state index in [1.165, 1.54) is 86.9 Å². The summed E-state index contributed by atoms with van der Waals surface area (Å²) < 4.78 is 33.4. The van der Waals surface area contributed by atoms with E-state index < -0.39 is 11.6 Å². The zero-order valence-electron chi connectivity index (χ0n) is 23.5. The number of halogens is 4. The molecule has 0 unspecified atom stereocenters. The molecular weight excluding hydrogens is 676 g/mol. The average molecular weight is 716 g/mol. The third-order valence-corrected chi connectivity index (χ3v) is 10.8. The van der Waals surface area contributed by atoms with Gasteiger partial charge in [-0.1, -0.05) is 90.9 Å². The molecule has 218 valence electrons. The van der Waals surface area contributed by atoms with E-state index in [-0.39, 0.29) is 17.2 Å². The number of aromatic nitrogens is 3. The van der Waals surface area contributed by atoms with E-state index in [0.717, 1.165) is 33.3 Å². The fraction of sp³-hybridized carbons (Fsp3) is 0.548. The zero-order chi connectivity index (χ0) is 28.5. The Morgan fingerprint density at radius 1 is 0.650 bits per heavy atom. The predicted octanol–water partition coefficient (Wildman–Crippen LogP) is 12.7. The fourth-order valence-corrected chi connectivity index (χ4v) is 8.14. The van der Waals surface area contributed by atoms with Crippen LogP contribution in [0.15, 0.2) is 31.8 Å². The van der Waals surface area contributed by atoms with Crippen LogP contribution < -0.4 is 0 Å². The minimum absolute atomic E-state index is 0.113. The number of rotatable bonds is 17. The molecule has 3 nitrogen and oxygen atoms in total. The lowest BCUT2D eigenvalue weighted by Crippen LogP contribution is -2.13. The maximum absolute atomic E-state index is 15.8. The molecule has 0 N–H and O–H groups in total. The van der Waals surface area contributed by atoms with Crippen LogP contribution in [0.5, 0.6) is 0 Å². The molecule has 0 aliphatic carbocycles. The molecular formula is C31H39Br2F2N3S2. The monoisotopic (exact) mass is 713 g/mol. The summed E-state index contributed by atoms with van der Waals surface area (Å²) in [5.41, 5.74) is 1.27. The molecule has 4 rings (SSSR count). The summed E-state index contributed by atoms with van der Waals surface area (Å²) in [6.07, 6.45) is 16.7. The van der Waals surface area contributed by atoms with Gasteiger partial charge in [0.2, 0.25) is 0 Å². The Hall–Kier alpha value is -1.16. The molecule has 0 aliphatic heterocycles. The number of thiophene rings is 2. The lowest BCUT2D eigenvalue weighted by atomic mass is 10.0. The number of hydrogen-bond acceptors (Lipinski definition) is 4.